The van der Waals surface area contributed by atoms with Crippen molar-refractivity contribution in [1.29, 1.82) is 0 Å². The lowest BCUT2D eigenvalue weighted by Gasteiger charge is -2.38. The molecule has 0 aromatic heterocycles. The number of hydrogen-bond acceptors (Lipinski definition) is 2. The number of anilines is 1. The van der Waals surface area contributed by atoms with E-state index in [9.17, 15) is 4.79 Å². The Morgan fingerprint density at radius 3 is 2.50 bits per heavy atom. The second-order valence-corrected chi connectivity index (χ2v) is 7.03. The monoisotopic (exact) mass is 359 g/mol. The van der Waals surface area contributed by atoms with Crippen LogP contribution in [0.5, 0.6) is 0 Å². The van der Waals surface area contributed by atoms with Crippen LogP contribution < -0.4 is 5.32 Å². The van der Waals surface area contributed by atoms with Gasteiger partial charge >= 0.3 is 5.97 Å². The van der Waals surface area contributed by atoms with Crippen LogP contribution in [0.3, 0.4) is 0 Å². The molecular formula is C19H15Cl2NO2. The lowest BCUT2D eigenvalue weighted by Crippen LogP contribution is -2.29. The van der Waals surface area contributed by atoms with E-state index in [2.05, 4.69) is 17.5 Å². The highest BCUT2D eigenvalue weighted by molar-refractivity contribution is 6.36. The van der Waals surface area contributed by atoms with Crippen molar-refractivity contribution in [2.45, 2.75) is 18.4 Å². The van der Waals surface area contributed by atoms with Crippen molar-refractivity contribution in [3.8, 4) is 0 Å². The summed E-state index contributed by atoms with van der Waals surface area (Å²) in [4.78, 5) is 11.1. The summed E-state index contributed by atoms with van der Waals surface area (Å²) < 4.78 is 0. The Morgan fingerprint density at radius 2 is 1.79 bits per heavy atom. The first-order valence-corrected chi connectivity index (χ1v) is 8.56. The van der Waals surface area contributed by atoms with E-state index in [4.69, 9.17) is 28.3 Å². The van der Waals surface area contributed by atoms with Gasteiger partial charge in [-0.1, -0.05) is 47.5 Å². The zero-order chi connectivity index (χ0) is 16.8. The summed E-state index contributed by atoms with van der Waals surface area (Å²) in [6, 6.07) is 10.8. The fourth-order valence-corrected chi connectivity index (χ4v) is 4.29. The molecule has 0 saturated heterocycles. The van der Waals surface area contributed by atoms with Crippen LogP contribution in [-0.4, -0.2) is 11.1 Å². The highest BCUT2D eigenvalue weighted by atomic mass is 35.5. The molecule has 2 aromatic carbocycles. The number of benzene rings is 2. The molecule has 0 spiro atoms. The Balaban J connectivity index is 1.78. The second kappa shape index (κ2) is 5.83. The van der Waals surface area contributed by atoms with E-state index in [-0.39, 0.29) is 17.5 Å². The maximum Gasteiger partial charge on any atom is 0.335 e. The third kappa shape index (κ3) is 2.40. The molecule has 1 aliphatic carbocycles. The summed E-state index contributed by atoms with van der Waals surface area (Å²) in [6.45, 7) is 0. The van der Waals surface area contributed by atoms with Crippen molar-refractivity contribution in [2.24, 2.45) is 5.92 Å². The van der Waals surface area contributed by atoms with Gasteiger partial charge in [0.1, 0.15) is 0 Å². The molecule has 2 N–H and O–H groups in total. The Morgan fingerprint density at radius 1 is 1.08 bits per heavy atom. The Hall–Kier alpha value is -1.97. The van der Waals surface area contributed by atoms with Crippen LogP contribution in [-0.2, 0) is 0 Å². The van der Waals surface area contributed by atoms with Gasteiger partial charge in [0.05, 0.1) is 22.3 Å². The predicted molar refractivity (Wildman–Crippen MR) is 96.2 cm³/mol. The van der Waals surface area contributed by atoms with Crippen molar-refractivity contribution in [3.05, 3.63) is 75.3 Å². The Labute approximate surface area is 149 Å². The summed E-state index contributed by atoms with van der Waals surface area (Å²) in [6.07, 6.45) is 5.33. The number of carboxylic acids is 1. The number of nitrogens with one attached hydrogen (secondary N) is 1. The maximum absolute atomic E-state index is 11.1. The van der Waals surface area contributed by atoms with Gasteiger partial charge in [0.2, 0.25) is 0 Å². The highest BCUT2D eigenvalue weighted by Gasteiger charge is 2.39. The summed E-state index contributed by atoms with van der Waals surface area (Å²) in [7, 11) is 0. The third-order valence-electron chi connectivity index (χ3n) is 4.93. The smallest absolute Gasteiger partial charge is 0.335 e. The number of allylic oxidation sites excluding steroid dienone is 2. The number of carbonyl (C=O) groups is 1. The molecule has 122 valence electrons. The average Bonchev–Trinajstić information content (AvgIpc) is 3.07. The summed E-state index contributed by atoms with van der Waals surface area (Å²) in [5, 5.41) is 14.0. The van der Waals surface area contributed by atoms with E-state index >= 15 is 0 Å². The molecule has 2 aliphatic rings. The molecule has 3 atom stereocenters. The van der Waals surface area contributed by atoms with Crippen LogP contribution in [0.1, 0.15) is 39.9 Å². The highest BCUT2D eigenvalue weighted by Crippen LogP contribution is 2.53. The first kappa shape index (κ1) is 15.6. The number of hydrogen-bond donors (Lipinski definition) is 2. The zero-order valence-corrected chi connectivity index (χ0v) is 14.2. The van der Waals surface area contributed by atoms with Gasteiger partial charge in [0, 0.05) is 16.5 Å². The lowest BCUT2D eigenvalue weighted by atomic mass is 9.77. The first-order valence-electron chi connectivity index (χ1n) is 7.80. The molecule has 1 aliphatic heterocycles. The third-order valence-corrected chi connectivity index (χ3v) is 5.58. The molecule has 24 heavy (non-hydrogen) atoms. The Kier molecular flexibility index (Phi) is 3.78. The molecule has 0 amide bonds. The molecular weight excluding hydrogens is 345 g/mol. The summed E-state index contributed by atoms with van der Waals surface area (Å²) in [5.41, 5.74) is 3.28. The van der Waals surface area contributed by atoms with E-state index < -0.39 is 5.97 Å². The fraction of sp³-hybridized carbons (Fsp3) is 0.211. The molecule has 5 heteroatoms. The number of aromatic carboxylic acids is 1. The molecule has 0 bridgehead atoms. The first-order chi connectivity index (χ1) is 11.6. The SMILES string of the molecule is O=C(O)c1ccc([C@H]2Nc3c(Cl)ccc(Cl)c3[C@H]3C=CC[C@@H]32)cc1. The molecule has 2 aromatic rings. The number of carboxylic acid groups (broad SMARTS) is 1. The van der Waals surface area contributed by atoms with E-state index in [0.29, 0.717) is 10.9 Å². The standard InChI is InChI=1S/C19H15Cl2NO2/c20-14-8-9-15(21)18-16(14)12-2-1-3-13(12)17(22-18)10-4-6-11(7-5-10)19(23)24/h1-2,4-9,12-13,17,22H,3H2,(H,23,24)/t12-,13-,17+/m0/s1. The van der Waals surface area contributed by atoms with E-state index in [1.165, 1.54) is 0 Å². The molecule has 4 rings (SSSR count). The minimum absolute atomic E-state index is 0.0660. The van der Waals surface area contributed by atoms with Gasteiger partial charge in [0.25, 0.3) is 0 Å². The van der Waals surface area contributed by atoms with E-state index in [1.54, 1.807) is 18.2 Å². The van der Waals surface area contributed by atoms with Crippen LogP contribution in [0.25, 0.3) is 0 Å². The summed E-state index contributed by atoms with van der Waals surface area (Å²) >= 11 is 12.8. The minimum Gasteiger partial charge on any atom is -0.478 e. The van der Waals surface area contributed by atoms with Crippen molar-refractivity contribution in [2.75, 3.05) is 5.32 Å². The fourth-order valence-electron chi connectivity index (χ4n) is 3.79. The molecule has 1 heterocycles. The van der Waals surface area contributed by atoms with Crippen molar-refractivity contribution in [3.63, 3.8) is 0 Å². The van der Waals surface area contributed by atoms with Gasteiger partial charge in [-0.05, 0) is 42.2 Å². The number of rotatable bonds is 2. The minimum atomic E-state index is -0.918. The van der Waals surface area contributed by atoms with Gasteiger partial charge in [-0.2, -0.15) is 0 Å². The predicted octanol–water partition coefficient (Wildman–Crippen LogP) is 5.52. The van der Waals surface area contributed by atoms with Crippen LogP contribution in [0.2, 0.25) is 10.0 Å². The van der Waals surface area contributed by atoms with Gasteiger partial charge in [-0.25, -0.2) is 4.79 Å². The molecule has 0 radical (unpaired) electrons. The molecule has 0 fully saturated rings. The molecule has 3 nitrogen and oxygen atoms in total. The lowest BCUT2D eigenvalue weighted by molar-refractivity contribution is 0.0697. The normalized spacial score (nSPS) is 24.2. The van der Waals surface area contributed by atoms with Gasteiger partial charge in [-0.15, -0.1) is 0 Å². The number of halogens is 2. The number of fused-ring (bicyclic) bond motifs is 3. The largest absolute Gasteiger partial charge is 0.478 e. The van der Waals surface area contributed by atoms with Crippen LogP contribution >= 0.6 is 23.2 Å². The van der Waals surface area contributed by atoms with Crippen LogP contribution in [0.4, 0.5) is 5.69 Å². The van der Waals surface area contributed by atoms with Crippen LogP contribution in [0, 0.1) is 5.92 Å². The van der Waals surface area contributed by atoms with E-state index in [1.807, 2.05) is 18.2 Å². The van der Waals surface area contributed by atoms with Crippen molar-refractivity contribution >= 4 is 34.9 Å². The topological polar surface area (TPSA) is 49.3 Å². The zero-order valence-electron chi connectivity index (χ0n) is 12.7. The van der Waals surface area contributed by atoms with Gasteiger partial charge < -0.3 is 10.4 Å². The second-order valence-electron chi connectivity index (χ2n) is 6.22. The summed E-state index contributed by atoms with van der Waals surface area (Å²) in [5.74, 6) is -0.362. The van der Waals surface area contributed by atoms with E-state index in [0.717, 1.165) is 28.3 Å². The van der Waals surface area contributed by atoms with Gasteiger partial charge in [-0.3, -0.25) is 0 Å². The van der Waals surface area contributed by atoms with Crippen LogP contribution in [0.15, 0.2) is 48.6 Å². The maximum atomic E-state index is 11.1. The quantitative estimate of drug-likeness (QED) is 0.694. The molecule has 0 saturated carbocycles. The van der Waals surface area contributed by atoms with Crippen molar-refractivity contribution < 1.29 is 9.90 Å². The Bertz CT molecular complexity index is 845. The molecule has 0 unspecified atom stereocenters. The average molecular weight is 360 g/mol. The van der Waals surface area contributed by atoms with Gasteiger partial charge in [0.15, 0.2) is 0 Å². The van der Waals surface area contributed by atoms with Crippen molar-refractivity contribution in [1.82, 2.24) is 0 Å².